The Labute approximate surface area is 688 Å². The van der Waals surface area contributed by atoms with E-state index in [1.807, 2.05) is 32.9 Å². The number of aromatic nitrogens is 8. The topological polar surface area (TPSA) is 305 Å². The van der Waals surface area contributed by atoms with Gasteiger partial charge in [-0.05, 0) is 153 Å². The predicted molar refractivity (Wildman–Crippen MR) is 436 cm³/mol. The number of hydrogen-bond acceptors (Lipinski definition) is 20. The van der Waals surface area contributed by atoms with Crippen LogP contribution in [0, 0.1) is 56.7 Å². The Balaban J connectivity index is 0.000000178. The van der Waals surface area contributed by atoms with Crippen LogP contribution >= 0.6 is 99.1 Å². The number of likely N-dealkylation sites (tertiary alicyclic amines) is 1. The lowest BCUT2D eigenvalue weighted by Gasteiger charge is -2.37. The van der Waals surface area contributed by atoms with Crippen LogP contribution in [0.2, 0.25) is 15.1 Å². The number of nitrogens with zero attached hydrogens (tertiary/aromatic N) is 6. The number of halogens is 7. The number of ether oxygens (including phenoxy) is 5. The smallest absolute Gasteiger partial charge is 0.407 e. The minimum Gasteiger partial charge on any atom is -0.477 e. The molecule has 34 heteroatoms. The van der Waals surface area contributed by atoms with Crippen LogP contribution in [0.1, 0.15) is 99.2 Å². The molecule has 0 saturated carbocycles. The number of aryl methyl sites for hydroxylation is 4. The molecule has 8 aromatic heterocycles. The van der Waals surface area contributed by atoms with E-state index in [0.29, 0.717) is 95.9 Å². The number of methoxy groups -OCH3 is 4. The van der Waals surface area contributed by atoms with Gasteiger partial charge in [-0.25, -0.2) is 61.9 Å². The highest BCUT2D eigenvalue weighted by molar-refractivity contribution is 9.10. The minimum absolute atomic E-state index is 0.0632. The second-order valence-electron chi connectivity index (χ2n) is 24.5. The maximum absolute atomic E-state index is 15.3. The Morgan fingerprint density at radius 2 is 1.13 bits per heavy atom. The van der Waals surface area contributed by atoms with E-state index in [-0.39, 0.29) is 50.2 Å². The number of aromatic amines is 3. The number of H-pyrrole nitrogens is 3. The molecule has 12 aromatic rings. The summed E-state index contributed by atoms with van der Waals surface area (Å²) in [6.07, 6.45) is 0.607. The Hall–Kier alpha value is -10.3. The van der Waals surface area contributed by atoms with Gasteiger partial charge in [-0.1, -0.05) is 137 Å². The summed E-state index contributed by atoms with van der Waals surface area (Å²) in [5, 5.41) is 15.3. The monoisotopic (exact) mass is 1740 g/mol. The summed E-state index contributed by atoms with van der Waals surface area (Å²) in [6, 6.07) is 45.1. The summed E-state index contributed by atoms with van der Waals surface area (Å²) in [5.74, 6) is -3.71. The molecule has 0 atom stereocenters. The molecule has 10 heterocycles. The quantitative estimate of drug-likeness (QED) is 0.0218. The number of piperidine rings is 1. The maximum atomic E-state index is 15.3. The molecular formula is C79H73BrCl3F3N10O13S4. The van der Waals surface area contributed by atoms with Gasteiger partial charge in [0, 0.05) is 80.4 Å². The summed E-state index contributed by atoms with van der Waals surface area (Å²) in [6.45, 7) is 10.6. The molecule has 0 radical (unpaired) electrons. The molecule has 113 heavy (non-hydrogen) atoms. The zero-order chi connectivity index (χ0) is 82.4. The second kappa shape index (κ2) is 41.5. The number of thiol groups is 1. The molecule has 14 rings (SSSR count). The number of carboxylic acid groups (broad SMARTS) is 1. The third-order valence-corrected chi connectivity index (χ3v) is 20.9. The minimum atomic E-state index is -1.15. The van der Waals surface area contributed by atoms with Gasteiger partial charge in [-0.2, -0.15) is 12.6 Å². The fourth-order valence-corrected chi connectivity index (χ4v) is 14.2. The van der Waals surface area contributed by atoms with Gasteiger partial charge >= 0.3 is 35.9 Å². The maximum Gasteiger partial charge on any atom is 0.407 e. The molecule has 23 nitrogen and oxygen atoms in total. The van der Waals surface area contributed by atoms with Crippen LogP contribution in [-0.2, 0) is 40.8 Å². The average molecular weight is 1740 g/mol. The first kappa shape index (κ1) is 88.3. The zero-order valence-electron chi connectivity index (χ0n) is 61.8. The number of carbonyl (C=O) groups excluding carboxylic acids is 6. The fourth-order valence-electron chi connectivity index (χ4n) is 10.9. The van der Waals surface area contributed by atoms with Crippen molar-refractivity contribution in [1.82, 2.24) is 49.7 Å². The molecule has 2 saturated heterocycles. The van der Waals surface area contributed by atoms with Crippen molar-refractivity contribution < 1.29 is 75.5 Å². The number of esters is 4. The van der Waals surface area contributed by atoms with Crippen LogP contribution in [0.15, 0.2) is 182 Å². The van der Waals surface area contributed by atoms with E-state index in [4.69, 9.17) is 51.8 Å². The molecule has 2 fully saturated rings. The number of nitrogens with one attached hydrogen (secondary N) is 4. The van der Waals surface area contributed by atoms with Crippen molar-refractivity contribution in [1.29, 1.82) is 0 Å². The molecule has 0 aliphatic carbocycles. The summed E-state index contributed by atoms with van der Waals surface area (Å²) in [5.41, 5.74) is 7.41. The molecule has 590 valence electrons. The third kappa shape index (κ3) is 23.9. The largest absolute Gasteiger partial charge is 0.477 e. The van der Waals surface area contributed by atoms with Crippen LogP contribution in [0.25, 0.3) is 32.7 Å². The van der Waals surface area contributed by atoms with Crippen molar-refractivity contribution in [2.75, 3.05) is 48.1 Å². The van der Waals surface area contributed by atoms with E-state index in [0.717, 1.165) is 38.5 Å². The van der Waals surface area contributed by atoms with Crippen LogP contribution in [0.5, 0.6) is 0 Å². The number of carboxylic acids is 1. The molecule has 2 aliphatic rings. The van der Waals surface area contributed by atoms with Gasteiger partial charge in [0.15, 0.2) is 17.5 Å². The normalized spacial score (nSPS) is 12.2. The number of rotatable bonds is 12. The van der Waals surface area contributed by atoms with Crippen molar-refractivity contribution in [2.45, 2.75) is 85.2 Å². The zero-order valence-corrected chi connectivity index (χ0v) is 69.0. The molecule has 0 unspecified atom stereocenters. The van der Waals surface area contributed by atoms with Crippen molar-refractivity contribution in [3.05, 3.63) is 262 Å². The van der Waals surface area contributed by atoms with Crippen molar-refractivity contribution in [2.24, 2.45) is 0 Å². The van der Waals surface area contributed by atoms with Gasteiger partial charge in [-0.3, -0.25) is 4.79 Å². The molecule has 0 bridgehead atoms. The van der Waals surface area contributed by atoms with Gasteiger partial charge in [0.25, 0.3) is 0 Å². The third-order valence-electron chi connectivity index (χ3n) is 16.7. The van der Waals surface area contributed by atoms with Crippen LogP contribution in [0.4, 0.5) is 18.0 Å². The number of alkyl carbamates (subject to hydrolysis) is 1. The Morgan fingerprint density at radius 3 is 1.69 bits per heavy atom. The molecule has 2 amide bonds. The number of carbonyl (C=O) groups is 7. The molecular weight excluding hydrogens is 1670 g/mol. The van der Waals surface area contributed by atoms with Gasteiger partial charge in [0.05, 0.1) is 66.6 Å². The lowest BCUT2D eigenvalue weighted by molar-refractivity contribution is -0.135. The van der Waals surface area contributed by atoms with Crippen molar-refractivity contribution in [3.63, 3.8) is 0 Å². The average Bonchev–Trinajstić information content (AvgIpc) is 1.54. The van der Waals surface area contributed by atoms with E-state index in [9.17, 15) is 47.4 Å². The first-order valence-electron chi connectivity index (χ1n) is 33.8. The Morgan fingerprint density at radius 1 is 0.611 bits per heavy atom. The first-order chi connectivity index (χ1) is 53.9. The highest BCUT2D eigenvalue weighted by atomic mass is 79.9. The van der Waals surface area contributed by atoms with Crippen LogP contribution in [-0.4, -0.2) is 145 Å². The fraction of sp³-hybridized carbons (Fsp3) is 0.215. The lowest BCUT2D eigenvalue weighted by Crippen LogP contribution is -2.49. The number of hydrogen-bond donors (Lipinski definition) is 6. The number of benzene rings is 4. The van der Waals surface area contributed by atoms with Crippen molar-refractivity contribution >= 4 is 174 Å². The van der Waals surface area contributed by atoms with Gasteiger partial charge < -0.3 is 58.5 Å². The Kier molecular flexibility index (Phi) is 32.4. The van der Waals surface area contributed by atoms with Crippen molar-refractivity contribution in [3.8, 4) is 0 Å². The summed E-state index contributed by atoms with van der Waals surface area (Å²) in [7, 11) is 5.30. The molecule has 2 aliphatic heterocycles. The number of amides is 2. The molecule has 1 spiro atoms. The second-order valence-corrected chi connectivity index (χ2v) is 29.3. The van der Waals surface area contributed by atoms with Crippen LogP contribution in [0.3, 0.4) is 0 Å². The van der Waals surface area contributed by atoms with E-state index < -0.39 is 53.2 Å². The SMILES string of the molecule is COC(=O)c1cccc(=S)[nH]1.COC(=O)c1cccc(Br)n1.COC(=O)c1cccc(C)n1.COC(=O)c1cccc(Sc2c(C)[nH]c3c(F)c(Cl)ccc23)n1.Cc1c(Sc2cccc(C(=O)O)n2)c2ccc(Cl)c(F)c2n1CC(=O)N1CCC2(CC1)CNC(=O)O2.Cc1cc2ccc(Cl)c(F)c2[nH]1.Cc1ccc(CS)cc1. The summed E-state index contributed by atoms with van der Waals surface area (Å²) >= 11 is 32.1. The van der Waals surface area contributed by atoms with Gasteiger partial charge in [0.2, 0.25) is 5.91 Å². The van der Waals surface area contributed by atoms with E-state index in [1.54, 1.807) is 120 Å². The summed E-state index contributed by atoms with van der Waals surface area (Å²) in [4.78, 5) is 108. The van der Waals surface area contributed by atoms with E-state index in [2.05, 4.69) is 119 Å². The van der Waals surface area contributed by atoms with E-state index in [1.165, 1.54) is 81.3 Å². The standard InChI is InChI=1S/C24H22ClFN4O5S.C16H12ClFN2O2S.C9H7ClFN.C8H9NO2.C8H10S.C7H6BrNO2.C7H7NO2S/c1-13-21(36-17-4-2-3-16(28-17)22(32)33)14-5-6-15(25)19(26)20(14)30(13)11-18(31)29-9-7-24(8-10-29)12-27-23(34)35-24;1-8-15(9-6-7-10(17)13(18)14(9)19-8)23-12-5-3-4-11(20-12)16(21)22-2;1-5-4-6-2-3-7(10)8(11)9(6)12-5;1-6-4-3-5-7(9-6)8(10)11-2;1-7-2-4-8(6-9)5-3-7;1-11-7(10)5-3-2-4-6(8)9-5;1-10-7(9)5-3-2-4-6(11)8-5/h2-6H,7-12H2,1H3,(H,27,34)(H,32,33);3-7,19H,1-2H3;2-4,12H,1H3;3-5H,1-2H3;2-5,9H,6H2,1H3;2-4H,1H3;2-4H,1H3,(H,8,11). The molecule has 5 N–H and O–H groups in total. The van der Waals surface area contributed by atoms with Gasteiger partial charge in [-0.15, -0.1) is 0 Å². The number of pyridine rings is 5. The highest BCUT2D eigenvalue weighted by Crippen LogP contribution is 2.42. The number of fused-ring (bicyclic) bond motifs is 3. The molecule has 4 aromatic carbocycles. The highest BCUT2D eigenvalue weighted by Gasteiger charge is 2.44. The number of aromatic carboxylic acids is 1. The van der Waals surface area contributed by atoms with E-state index >= 15 is 4.39 Å². The lowest BCUT2D eigenvalue weighted by atomic mass is 9.91. The predicted octanol–water partition coefficient (Wildman–Crippen LogP) is 18.7. The first-order valence-corrected chi connectivity index (χ1v) is 38.4. The van der Waals surface area contributed by atoms with Crippen LogP contribution < -0.4 is 5.32 Å². The Bertz CT molecular complexity index is 5480. The summed E-state index contributed by atoms with van der Waals surface area (Å²) < 4.78 is 68.9. The van der Waals surface area contributed by atoms with Gasteiger partial charge in [0.1, 0.15) is 59.9 Å².